The Morgan fingerprint density at radius 1 is 1.15 bits per heavy atom. The van der Waals surface area contributed by atoms with Crippen molar-refractivity contribution in [1.82, 2.24) is 20.1 Å². The first-order valence-electron chi connectivity index (χ1n) is 16.5. The van der Waals surface area contributed by atoms with Crippen molar-refractivity contribution in [2.75, 3.05) is 38.5 Å². The fourth-order valence-corrected chi connectivity index (χ4v) is 5.97. The summed E-state index contributed by atoms with van der Waals surface area (Å²) < 4.78 is 0. The van der Waals surface area contributed by atoms with Gasteiger partial charge in [-0.25, -0.2) is 0 Å². The Morgan fingerprint density at radius 3 is 2.62 bits per heavy atom. The number of amides is 3. The van der Waals surface area contributed by atoms with Gasteiger partial charge in [0.2, 0.25) is 11.8 Å². The molecule has 0 bridgehead atoms. The number of hydrogen-bond acceptors (Lipinski definition) is 7. The van der Waals surface area contributed by atoms with Crippen LogP contribution < -0.4 is 22.1 Å². The number of likely N-dealkylation sites (N-methyl/N-ethyl adjacent to an activating group) is 1. The maximum atomic E-state index is 14.3. The number of carbonyl (C=O) groups is 3. The standard InChI is InChI=1S/C35H43N7O3.C2H6/c1-23-12-15-35(2,16-13-23)34(45)39-26-10-8-25-20-30(29-11-9-24-6-4-5-7-28(24)40-29)42(33(44)27(25)21-26)18-14-31(36)41(19-17-38-3)22-32(37)43;1-2/h4-13,15,21,30-31,38H,14,16-20,22,36H2,1-3H3,(H2,37,43)(H,39,45);1-2H3. The van der Waals surface area contributed by atoms with E-state index in [1.807, 2.05) is 105 Å². The second-order valence-electron chi connectivity index (χ2n) is 12.3. The van der Waals surface area contributed by atoms with Crippen molar-refractivity contribution in [2.24, 2.45) is 16.9 Å². The van der Waals surface area contributed by atoms with E-state index in [4.69, 9.17) is 16.5 Å². The van der Waals surface area contributed by atoms with Crippen molar-refractivity contribution in [3.8, 4) is 0 Å². The van der Waals surface area contributed by atoms with E-state index in [1.54, 1.807) is 6.07 Å². The number of nitrogens with zero attached hydrogens (tertiary/aromatic N) is 3. The summed E-state index contributed by atoms with van der Waals surface area (Å²) in [5.41, 5.74) is 16.2. The summed E-state index contributed by atoms with van der Waals surface area (Å²) in [6.45, 7) is 9.48. The predicted molar refractivity (Wildman–Crippen MR) is 189 cm³/mol. The van der Waals surface area contributed by atoms with E-state index in [0.29, 0.717) is 50.1 Å². The van der Waals surface area contributed by atoms with Gasteiger partial charge in [-0.05, 0) is 70.0 Å². The maximum absolute atomic E-state index is 14.3. The van der Waals surface area contributed by atoms with Gasteiger partial charge in [0.15, 0.2) is 0 Å². The number of anilines is 1. The first-order valence-corrected chi connectivity index (χ1v) is 16.5. The number of rotatable bonds is 12. The molecular formula is C37H49N7O3. The molecule has 5 rings (SSSR count). The third-order valence-corrected chi connectivity index (χ3v) is 8.83. The summed E-state index contributed by atoms with van der Waals surface area (Å²) in [5, 5.41) is 7.14. The molecule has 3 atom stereocenters. The molecule has 3 unspecified atom stereocenters. The Hall–Kier alpha value is -4.38. The van der Waals surface area contributed by atoms with Crippen LogP contribution in [0.25, 0.3) is 10.9 Å². The Kier molecular flexibility index (Phi) is 12.0. The third-order valence-electron chi connectivity index (χ3n) is 8.83. The minimum atomic E-state index is -0.668. The van der Waals surface area contributed by atoms with E-state index in [9.17, 15) is 14.4 Å². The molecule has 0 radical (unpaired) electrons. The molecule has 10 nitrogen and oxygen atoms in total. The Bertz CT molecular complexity index is 1650. The molecule has 6 N–H and O–H groups in total. The van der Waals surface area contributed by atoms with Crippen molar-refractivity contribution in [2.45, 2.75) is 59.2 Å². The van der Waals surface area contributed by atoms with Gasteiger partial charge in [0.05, 0.1) is 35.4 Å². The average Bonchev–Trinajstić information content (AvgIpc) is 3.08. The van der Waals surface area contributed by atoms with E-state index < -0.39 is 17.5 Å². The molecular weight excluding hydrogens is 590 g/mol. The second kappa shape index (κ2) is 15.9. The van der Waals surface area contributed by atoms with E-state index in [-0.39, 0.29) is 24.4 Å². The summed E-state index contributed by atoms with van der Waals surface area (Å²) in [4.78, 5) is 47.9. The number of hydrogen-bond donors (Lipinski definition) is 4. The summed E-state index contributed by atoms with van der Waals surface area (Å²) in [5.74, 6) is -0.734. The van der Waals surface area contributed by atoms with Crippen molar-refractivity contribution < 1.29 is 14.4 Å². The van der Waals surface area contributed by atoms with Crippen LogP contribution in [-0.4, -0.2) is 71.9 Å². The zero-order chi connectivity index (χ0) is 34.1. The van der Waals surface area contributed by atoms with E-state index in [1.165, 1.54) is 0 Å². The summed E-state index contributed by atoms with van der Waals surface area (Å²) in [6.07, 6.45) is 7.07. The van der Waals surface area contributed by atoms with Gasteiger partial charge in [-0.1, -0.05) is 68.0 Å². The monoisotopic (exact) mass is 639 g/mol. The predicted octanol–water partition coefficient (Wildman–Crippen LogP) is 4.53. The highest BCUT2D eigenvalue weighted by molar-refractivity contribution is 6.01. The van der Waals surface area contributed by atoms with Crippen LogP contribution in [0.15, 0.2) is 78.4 Å². The molecule has 3 aromatic rings. The second-order valence-corrected chi connectivity index (χ2v) is 12.3. The molecule has 2 aliphatic rings. The molecule has 0 fully saturated rings. The van der Waals surface area contributed by atoms with Gasteiger partial charge in [0, 0.05) is 36.3 Å². The van der Waals surface area contributed by atoms with Crippen LogP contribution in [0.5, 0.6) is 0 Å². The molecule has 250 valence electrons. The van der Waals surface area contributed by atoms with Gasteiger partial charge in [-0.15, -0.1) is 0 Å². The lowest BCUT2D eigenvalue weighted by Crippen LogP contribution is -2.50. The normalized spacial score (nSPS) is 19.5. The topological polar surface area (TPSA) is 147 Å². The van der Waals surface area contributed by atoms with E-state index in [0.717, 1.165) is 27.7 Å². The lowest BCUT2D eigenvalue weighted by atomic mass is 9.81. The van der Waals surface area contributed by atoms with Crippen LogP contribution >= 0.6 is 0 Å². The van der Waals surface area contributed by atoms with E-state index in [2.05, 4.69) is 16.7 Å². The molecule has 2 heterocycles. The Labute approximate surface area is 278 Å². The fourth-order valence-electron chi connectivity index (χ4n) is 5.97. The molecule has 47 heavy (non-hydrogen) atoms. The van der Waals surface area contributed by atoms with Crippen molar-refractivity contribution >= 4 is 34.3 Å². The number of pyridine rings is 1. The number of fused-ring (bicyclic) bond motifs is 2. The molecule has 1 aromatic heterocycles. The third kappa shape index (κ3) is 8.51. The Morgan fingerprint density at radius 2 is 1.91 bits per heavy atom. The van der Waals surface area contributed by atoms with Gasteiger partial charge in [-0.2, -0.15) is 0 Å². The molecule has 1 aliphatic heterocycles. The molecule has 10 heteroatoms. The first-order chi connectivity index (χ1) is 22.6. The highest BCUT2D eigenvalue weighted by atomic mass is 16.2. The number of aromatic nitrogens is 1. The van der Waals surface area contributed by atoms with Gasteiger partial charge in [0.25, 0.3) is 5.91 Å². The quantitative estimate of drug-likeness (QED) is 0.213. The number of benzene rings is 2. The van der Waals surface area contributed by atoms with Crippen LogP contribution in [0.1, 0.15) is 68.2 Å². The SMILES string of the molecule is CC.CNCCN(CC(N)=O)C(N)CCN1C(=O)c2cc(NC(=O)C3(C)C=CC(C)=CC3)ccc2CC1c1ccc2ccccc2n1. The van der Waals surface area contributed by atoms with Crippen molar-refractivity contribution in [1.29, 1.82) is 0 Å². The van der Waals surface area contributed by atoms with Crippen LogP contribution in [0.4, 0.5) is 5.69 Å². The number of carbonyl (C=O) groups excluding carboxylic acids is 3. The summed E-state index contributed by atoms with van der Waals surface area (Å²) >= 11 is 0. The number of nitrogens with one attached hydrogen (secondary N) is 2. The van der Waals surface area contributed by atoms with Gasteiger partial charge < -0.3 is 27.0 Å². The maximum Gasteiger partial charge on any atom is 0.254 e. The minimum absolute atomic E-state index is 0.0296. The number of primary amides is 1. The zero-order valence-corrected chi connectivity index (χ0v) is 28.3. The smallest absolute Gasteiger partial charge is 0.254 e. The number of nitrogens with two attached hydrogens (primary N) is 2. The summed E-state index contributed by atoms with van der Waals surface area (Å²) in [6, 6.07) is 17.2. The molecule has 3 amide bonds. The largest absolute Gasteiger partial charge is 0.369 e. The highest BCUT2D eigenvalue weighted by Gasteiger charge is 2.36. The van der Waals surface area contributed by atoms with Crippen LogP contribution in [-0.2, 0) is 16.0 Å². The minimum Gasteiger partial charge on any atom is -0.369 e. The fraction of sp³-hybridized carbons (Fsp3) is 0.405. The molecule has 0 saturated heterocycles. The van der Waals surface area contributed by atoms with Crippen LogP contribution in [0.3, 0.4) is 0 Å². The molecule has 1 aliphatic carbocycles. The lowest BCUT2D eigenvalue weighted by Gasteiger charge is -2.38. The van der Waals surface area contributed by atoms with Gasteiger partial charge in [-0.3, -0.25) is 24.3 Å². The van der Waals surface area contributed by atoms with Crippen molar-refractivity contribution in [3.63, 3.8) is 0 Å². The summed E-state index contributed by atoms with van der Waals surface area (Å²) in [7, 11) is 1.83. The molecule has 2 aromatic carbocycles. The van der Waals surface area contributed by atoms with Gasteiger partial charge in [0.1, 0.15) is 0 Å². The number of allylic oxidation sites excluding steroid dienone is 3. The van der Waals surface area contributed by atoms with Crippen LogP contribution in [0, 0.1) is 5.41 Å². The molecule has 0 spiro atoms. The van der Waals surface area contributed by atoms with Crippen molar-refractivity contribution in [3.05, 3.63) is 95.2 Å². The number of para-hydroxylation sites is 1. The average molecular weight is 640 g/mol. The lowest BCUT2D eigenvalue weighted by molar-refractivity contribution is -0.122. The Balaban J connectivity index is 0.00000245. The highest BCUT2D eigenvalue weighted by Crippen LogP contribution is 2.36. The van der Waals surface area contributed by atoms with E-state index >= 15 is 0 Å². The van der Waals surface area contributed by atoms with Gasteiger partial charge >= 0.3 is 0 Å². The van der Waals surface area contributed by atoms with Crippen LogP contribution in [0.2, 0.25) is 0 Å². The first kappa shape index (κ1) is 35.5. The zero-order valence-electron chi connectivity index (χ0n) is 28.3. The molecule has 0 saturated carbocycles.